The average molecular weight is 377 g/mol. The van der Waals surface area contributed by atoms with Crippen molar-refractivity contribution < 1.29 is 18.7 Å². The van der Waals surface area contributed by atoms with Crippen LogP contribution in [0.5, 0.6) is 5.75 Å². The van der Waals surface area contributed by atoms with Gasteiger partial charge in [0.1, 0.15) is 17.6 Å². The molecule has 136 valence electrons. The monoisotopic (exact) mass is 376 g/mol. The van der Waals surface area contributed by atoms with Crippen LogP contribution in [0.3, 0.4) is 0 Å². The van der Waals surface area contributed by atoms with Crippen LogP contribution in [0.4, 0.5) is 10.1 Å². The third-order valence-corrected chi connectivity index (χ3v) is 4.67. The summed E-state index contributed by atoms with van der Waals surface area (Å²) in [5.41, 5.74) is 0.922. The van der Waals surface area contributed by atoms with E-state index in [4.69, 9.17) is 16.3 Å². The molecule has 1 saturated heterocycles. The second-order valence-corrected chi connectivity index (χ2v) is 6.42. The fourth-order valence-corrected chi connectivity index (χ4v) is 3.19. The number of anilines is 1. The molecule has 0 radical (unpaired) electrons. The summed E-state index contributed by atoms with van der Waals surface area (Å²) in [6.07, 6.45) is 0. The van der Waals surface area contributed by atoms with E-state index in [-0.39, 0.29) is 11.8 Å². The van der Waals surface area contributed by atoms with Crippen LogP contribution in [-0.4, -0.2) is 43.0 Å². The summed E-state index contributed by atoms with van der Waals surface area (Å²) in [5, 5.41) is 0.492. The topological polar surface area (TPSA) is 49.9 Å². The minimum Gasteiger partial charge on any atom is -0.495 e. The summed E-state index contributed by atoms with van der Waals surface area (Å²) in [6, 6.07) is 9.69. The van der Waals surface area contributed by atoms with Gasteiger partial charge in [0.15, 0.2) is 0 Å². The lowest BCUT2D eigenvalue weighted by Crippen LogP contribution is -2.57. The highest BCUT2D eigenvalue weighted by Gasteiger charge is 2.36. The van der Waals surface area contributed by atoms with E-state index >= 15 is 0 Å². The number of nitrogens with zero attached hydrogens (tertiary/aromatic N) is 2. The van der Waals surface area contributed by atoms with Gasteiger partial charge in [-0.15, -0.1) is 0 Å². The van der Waals surface area contributed by atoms with Gasteiger partial charge in [0, 0.05) is 23.7 Å². The Kier molecular flexibility index (Phi) is 5.13. The minimum absolute atomic E-state index is 0.229. The maximum Gasteiger partial charge on any atom is 0.254 e. The number of benzene rings is 2. The van der Waals surface area contributed by atoms with E-state index in [9.17, 15) is 14.0 Å². The van der Waals surface area contributed by atoms with Crippen molar-refractivity contribution in [1.82, 2.24) is 4.90 Å². The first-order valence-corrected chi connectivity index (χ1v) is 8.51. The summed E-state index contributed by atoms with van der Waals surface area (Å²) in [6.45, 7) is 2.33. The molecule has 1 fully saturated rings. The van der Waals surface area contributed by atoms with Gasteiger partial charge in [-0.3, -0.25) is 9.59 Å². The van der Waals surface area contributed by atoms with Gasteiger partial charge < -0.3 is 14.5 Å². The molecule has 2 amide bonds. The zero-order chi connectivity index (χ0) is 18.8. The van der Waals surface area contributed by atoms with Gasteiger partial charge in [0.2, 0.25) is 5.91 Å². The van der Waals surface area contributed by atoms with Crippen molar-refractivity contribution in [3.8, 4) is 5.75 Å². The van der Waals surface area contributed by atoms with Gasteiger partial charge in [0.05, 0.1) is 12.8 Å². The summed E-state index contributed by atoms with van der Waals surface area (Å²) in [7, 11) is 1.52. The number of halogens is 2. The Labute approximate surface area is 155 Å². The van der Waals surface area contributed by atoms with E-state index in [1.165, 1.54) is 36.3 Å². The molecule has 5 nitrogen and oxygen atoms in total. The average Bonchev–Trinajstić information content (AvgIpc) is 2.64. The third kappa shape index (κ3) is 3.37. The smallest absolute Gasteiger partial charge is 0.254 e. The minimum atomic E-state index is -0.662. The summed E-state index contributed by atoms with van der Waals surface area (Å²) in [5.74, 6) is -0.410. The van der Waals surface area contributed by atoms with Crippen molar-refractivity contribution in [2.24, 2.45) is 0 Å². The molecular weight excluding hydrogens is 359 g/mol. The van der Waals surface area contributed by atoms with Crippen molar-refractivity contribution in [1.29, 1.82) is 0 Å². The highest BCUT2D eigenvalue weighted by Crippen LogP contribution is 2.33. The van der Waals surface area contributed by atoms with E-state index < -0.39 is 11.9 Å². The second-order valence-electron chi connectivity index (χ2n) is 5.99. The highest BCUT2D eigenvalue weighted by atomic mass is 35.5. The molecule has 0 aromatic heterocycles. The van der Waals surface area contributed by atoms with E-state index in [1.807, 2.05) is 0 Å². The Morgan fingerprint density at radius 2 is 1.88 bits per heavy atom. The van der Waals surface area contributed by atoms with E-state index in [1.54, 1.807) is 30.0 Å². The van der Waals surface area contributed by atoms with Crippen molar-refractivity contribution >= 4 is 29.1 Å². The molecule has 1 heterocycles. The number of carbonyl (C=O) groups is 2. The predicted octanol–water partition coefficient (Wildman–Crippen LogP) is 3.37. The van der Waals surface area contributed by atoms with Crippen LogP contribution in [-0.2, 0) is 4.79 Å². The Balaban J connectivity index is 1.84. The molecule has 1 aliphatic heterocycles. The maximum atomic E-state index is 13.1. The quantitative estimate of drug-likeness (QED) is 0.825. The zero-order valence-corrected chi connectivity index (χ0v) is 15.2. The fraction of sp³-hybridized carbons (Fsp3) is 0.263. The van der Waals surface area contributed by atoms with Gasteiger partial charge in [-0.2, -0.15) is 0 Å². The van der Waals surface area contributed by atoms with Crippen LogP contribution in [0.25, 0.3) is 0 Å². The molecule has 0 bridgehead atoms. The number of hydrogen-bond acceptors (Lipinski definition) is 3. The molecule has 2 aromatic carbocycles. The molecule has 0 aliphatic carbocycles. The molecule has 7 heteroatoms. The zero-order valence-electron chi connectivity index (χ0n) is 14.4. The number of methoxy groups -OCH3 is 1. The van der Waals surface area contributed by atoms with Gasteiger partial charge in [0.25, 0.3) is 5.91 Å². The standard InChI is InChI=1S/C19H18ClFN2O3/c1-12-18(24)23(16-11-14(20)5-8-17(16)26-2)10-9-22(12)19(25)13-3-6-15(21)7-4-13/h3-8,11-12H,9-10H2,1-2H3/t12-/m1/s1. The van der Waals surface area contributed by atoms with Crippen molar-refractivity contribution in [2.75, 3.05) is 25.1 Å². The third-order valence-electron chi connectivity index (χ3n) is 4.44. The van der Waals surface area contributed by atoms with Crippen molar-refractivity contribution in [3.63, 3.8) is 0 Å². The molecule has 26 heavy (non-hydrogen) atoms. The Morgan fingerprint density at radius 1 is 1.19 bits per heavy atom. The van der Waals surface area contributed by atoms with Crippen LogP contribution in [0.1, 0.15) is 17.3 Å². The largest absolute Gasteiger partial charge is 0.495 e. The Bertz CT molecular complexity index is 841. The molecule has 1 atom stereocenters. The lowest BCUT2D eigenvalue weighted by molar-refractivity contribution is -0.124. The molecule has 1 aliphatic rings. The molecule has 0 unspecified atom stereocenters. The normalized spacial score (nSPS) is 17.4. The maximum absolute atomic E-state index is 13.1. The summed E-state index contributed by atoms with van der Waals surface area (Å²) < 4.78 is 18.4. The Hall–Kier alpha value is -2.60. The number of ether oxygens (including phenoxy) is 1. The molecule has 0 spiro atoms. The van der Waals surface area contributed by atoms with Crippen LogP contribution in [0.2, 0.25) is 5.02 Å². The van der Waals surface area contributed by atoms with Crippen molar-refractivity contribution in [2.45, 2.75) is 13.0 Å². The highest BCUT2D eigenvalue weighted by molar-refractivity contribution is 6.31. The first-order chi connectivity index (χ1) is 12.4. The molecule has 0 saturated carbocycles. The number of piperazine rings is 1. The van der Waals surface area contributed by atoms with Gasteiger partial charge >= 0.3 is 0 Å². The lowest BCUT2D eigenvalue weighted by Gasteiger charge is -2.39. The van der Waals surface area contributed by atoms with Crippen LogP contribution < -0.4 is 9.64 Å². The van der Waals surface area contributed by atoms with Gasteiger partial charge in [-0.1, -0.05) is 11.6 Å². The van der Waals surface area contributed by atoms with Crippen LogP contribution in [0.15, 0.2) is 42.5 Å². The number of amides is 2. The van der Waals surface area contributed by atoms with Crippen LogP contribution >= 0.6 is 11.6 Å². The number of rotatable bonds is 3. The first kappa shape index (κ1) is 18.2. The van der Waals surface area contributed by atoms with Gasteiger partial charge in [-0.05, 0) is 49.4 Å². The fourth-order valence-electron chi connectivity index (χ4n) is 3.02. The molecule has 3 rings (SSSR count). The number of carbonyl (C=O) groups excluding carboxylic acids is 2. The van der Waals surface area contributed by atoms with Crippen LogP contribution in [0, 0.1) is 5.82 Å². The molecule has 2 aromatic rings. The Morgan fingerprint density at radius 3 is 2.54 bits per heavy atom. The second kappa shape index (κ2) is 7.33. The number of hydrogen-bond donors (Lipinski definition) is 0. The van der Waals surface area contributed by atoms with E-state index in [2.05, 4.69) is 0 Å². The van der Waals surface area contributed by atoms with Crippen molar-refractivity contribution in [3.05, 3.63) is 58.9 Å². The predicted molar refractivity (Wildman–Crippen MR) is 97.3 cm³/mol. The van der Waals surface area contributed by atoms with E-state index in [0.717, 1.165) is 0 Å². The van der Waals surface area contributed by atoms with Gasteiger partial charge in [-0.25, -0.2) is 4.39 Å². The summed E-state index contributed by atoms with van der Waals surface area (Å²) >= 11 is 6.06. The summed E-state index contributed by atoms with van der Waals surface area (Å²) in [4.78, 5) is 28.6. The first-order valence-electron chi connectivity index (χ1n) is 8.14. The lowest BCUT2D eigenvalue weighted by atomic mass is 10.1. The van der Waals surface area contributed by atoms with E-state index in [0.29, 0.717) is 35.1 Å². The molecule has 0 N–H and O–H groups in total. The SMILES string of the molecule is COc1ccc(Cl)cc1N1CCN(C(=O)c2ccc(F)cc2)[C@H](C)C1=O. The molecular formula is C19H18ClFN2O3.